The highest BCUT2D eigenvalue weighted by molar-refractivity contribution is 7.15. The van der Waals surface area contributed by atoms with Gasteiger partial charge in [0.15, 0.2) is 4.96 Å². The minimum absolute atomic E-state index is 0.0243. The molecule has 0 spiro atoms. The van der Waals surface area contributed by atoms with Gasteiger partial charge in [-0.3, -0.25) is 18.9 Å². The molecule has 0 unspecified atom stereocenters. The maximum Gasteiger partial charge on any atom is 0.258 e. The van der Waals surface area contributed by atoms with Gasteiger partial charge in [0.2, 0.25) is 5.91 Å². The molecular weight excluding hydrogens is 324 g/mol. The number of carbonyl (C=O) groups is 1. The normalized spacial score (nSPS) is 16.7. The molecule has 0 atom stereocenters. The van der Waals surface area contributed by atoms with Gasteiger partial charge in [-0.15, -0.1) is 11.3 Å². The smallest absolute Gasteiger partial charge is 0.258 e. The van der Waals surface area contributed by atoms with E-state index < -0.39 is 0 Å². The Kier molecular flexibility index (Phi) is 4.73. The van der Waals surface area contributed by atoms with Crippen molar-refractivity contribution >= 4 is 22.2 Å². The molecule has 0 aliphatic carbocycles. The molecule has 1 amide bonds. The number of piperazine rings is 1. The number of hydrogen-bond donors (Lipinski definition) is 0. The van der Waals surface area contributed by atoms with Crippen LogP contribution in [-0.4, -0.2) is 51.3 Å². The van der Waals surface area contributed by atoms with E-state index in [0.717, 1.165) is 36.8 Å². The summed E-state index contributed by atoms with van der Waals surface area (Å²) in [5.41, 5.74) is 0.795. The first-order valence-corrected chi connectivity index (χ1v) is 9.16. The fourth-order valence-corrected chi connectivity index (χ4v) is 3.66. The first-order valence-electron chi connectivity index (χ1n) is 8.28. The first-order chi connectivity index (χ1) is 11.3. The van der Waals surface area contributed by atoms with E-state index in [0.29, 0.717) is 13.0 Å². The van der Waals surface area contributed by atoms with Crippen LogP contribution in [0.3, 0.4) is 0 Å². The van der Waals surface area contributed by atoms with Crippen LogP contribution < -0.4 is 5.56 Å². The van der Waals surface area contributed by atoms with Crippen LogP contribution in [0.15, 0.2) is 22.4 Å². The lowest BCUT2D eigenvalue weighted by Gasteiger charge is -2.35. The van der Waals surface area contributed by atoms with Crippen molar-refractivity contribution in [2.75, 3.05) is 26.2 Å². The molecule has 1 saturated heterocycles. The Hall–Kier alpha value is -1.73. The van der Waals surface area contributed by atoms with E-state index in [9.17, 15) is 9.59 Å². The topological polar surface area (TPSA) is 57.9 Å². The van der Waals surface area contributed by atoms with E-state index in [-0.39, 0.29) is 16.9 Å². The summed E-state index contributed by atoms with van der Waals surface area (Å²) >= 11 is 1.47. The summed E-state index contributed by atoms with van der Waals surface area (Å²) in [6, 6.07) is 1.61. The van der Waals surface area contributed by atoms with Gasteiger partial charge in [0, 0.05) is 56.8 Å². The molecule has 2 aromatic rings. The van der Waals surface area contributed by atoms with Crippen molar-refractivity contribution in [1.82, 2.24) is 19.2 Å². The SMILES string of the molecule is CC(C)(C)CC(=O)N1CCN(Cc2cc(=O)n3ccsc3n2)CC1. The molecule has 0 radical (unpaired) electrons. The second-order valence-electron chi connectivity index (χ2n) is 7.54. The third-order valence-corrected chi connectivity index (χ3v) is 4.90. The molecule has 0 bridgehead atoms. The number of hydrogen-bond acceptors (Lipinski definition) is 5. The molecule has 3 heterocycles. The molecule has 2 aromatic heterocycles. The van der Waals surface area contributed by atoms with Crippen molar-refractivity contribution in [3.05, 3.63) is 33.7 Å². The molecule has 7 heteroatoms. The van der Waals surface area contributed by atoms with Crippen molar-refractivity contribution in [1.29, 1.82) is 0 Å². The van der Waals surface area contributed by atoms with Crippen LogP contribution in [-0.2, 0) is 11.3 Å². The van der Waals surface area contributed by atoms with Gasteiger partial charge >= 0.3 is 0 Å². The minimum Gasteiger partial charge on any atom is -0.340 e. The second-order valence-corrected chi connectivity index (χ2v) is 8.41. The van der Waals surface area contributed by atoms with Crippen LogP contribution in [0, 0.1) is 5.41 Å². The van der Waals surface area contributed by atoms with E-state index >= 15 is 0 Å². The van der Waals surface area contributed by atoms with Crippen molar-refractivity contribution in [3.8, 4) is 0 Å². The predicted octanol–water partition coefficient (Wildman–Crippen LogP) is 1.84. The Morgan fingerprint density at radius 3 is 2.62 bits per heavy atom. The quantitative estimate of drug-likeness (QED) is 0.849. The molecule has 130 valence electrons. The predicted molar refractivity (Wildman–Crippen MR) is 95.3 cm³/mol. The van der Waals surface area contributed by atoms with Crippen molar-refractivity contribution < 1.29 is 4.79 Å². The highest BCUT2D eigenvalue weighted by atomic mass is 32.1. The van der Waals surface area contributed by atoms with Crippen LogP contribution in [0.2, 0.25) is 0 Å². The molecule has 0 N–H and O–H groups in total. The summed E-state index contributed by atoms with van der Waals surface area (Å²) in [6.45, 7) is 10.1. The monoisotopic (exact) mass is 348 g/mol. The number of fused-ring (bicyclic) bond motifs is 1. The minimum atomic E-state index is -0.0322. The summed E-state index contributed by atoms with van der Waals surface area (Å²) in [4.78, 5) is 33.8. The number of rotatable bonds is 3. The summed E-state index contributed by atoms with van der Waals surface area (Å²) < 4.78 is 1.57. The van der Waals surface area contributed by atoms with Gasteiger partial charge in [0.25, 0.3) is 5.56 Å². The molecule has 0 aromatic carbocycles. The summed E-state index contributed by atoms with van der Waals surface area (Å²) in [5.74, 6) is 0.235. The molecule has 1 fully saturated rings. The van der Waals surface area contributed by atoms with Crippen LogP contribution in [0.4, 0.5) is 0 Å². The molecule has 1 aliphatic rings. The highest BCUT2D eigenvalue weighted by Gasteiger charge is 2.25. The van der Waals surface area contributed by atoms with Gasteiger partial charge in [-0.1, -0.05) is 20.8 Å². The Morgan fingerprint density at radius 1 is 1.25 bits per heavy atom. The van der Waals surface area contributed by atoms with E-state index in [1.54, 1.807) is 16.7 Å². The Bertz CT molecular complexity index is 782. The van der Waals surface area contributed by atoms with Crippen molar-refractivity contribution in [2.45, 2.75) is 33.7 Å². The van der Waals surface area contributed by atoms with Crippen molar-refractivity contribution in [2.24, 2.45) is 5.41 Å². The van der Waals surface area contributed by atoms with Gasteiger partial charge in [0.05, 0.1) is 5.69 Å². The average molecular weight is 348 g/mol. The maximum absolute atomic E-state index is 12.3. The van der Waals surface area contributed by atoms with E-state index in [2.05, 4.69) is 30.7 Å². The average Bonchev–Trinajstić information content (AvgIpc) is 2.95. The van der Waals surface area contributed by atoms with Gasteiger partial charge in [-0.05, 0) is 5.41 Å². The van der Waals surface area contributed by atoms with Crippen LogP contribution in [0.5, 0.6) is 0 Å². The number of thiazole rings is 1. The lowest BCUT2D eigenvalue weighted by atomic mass is 9.91. The molecule has 24 heavy (non-hydrogen) atoms. The Balaban J connectivity index is 1.58. The number of amides is 1. The number of aromatic nitrogens is 2. The largest absolute Gasteiger partial charge is 0.340 e. The lowest BCUT2D eigenvalue weighted by molar-refractivity contribution is -0.134. The molecule has 3 rings (SSSR count). The van der Waals surface area contributed by atoms with Gasteiger partial charge in [0.1, 0.15) is 0 Å². The maximum atomic E-state index is 12.3. The van der Waals surface area contributed by atoms with Crippen LogP contribution in [0.1, 0.15) is 32.9 Å². The van der Waals surface area contributed by atoms with Crippen molar-refractivity contribution in [3.63, 3.8) is 0 Å². The van der Waals surface area contributed by atoms with Crippen LogP contribution >= 0.6 is 11.3 Å². The molecule has 1 aliphatic heterocycles. The third kappa shape index (κ3) is 4.02. The first kappa shape index (κ1) is 17.1. The Labute approximate surface area is 145 Å². The standard InChI is InChI=1S/C17H24N4O2S/c1-17(2,3)11-15(23)20-6-4-19(5-7-20)12-13-10-14(22)21-8-9-24-16(21)18-13/h8-10H,4-7,11-12H2,1-3H3. The Morgan fingerprint density at radius 2 is 1.96 bits per heavy atom. The lowest BCUT2D eigenvalue weighted by Crippen LogP contribution is -2.49. The summed E-state index contributed by atoms with van der Waals surface area (Å²) in [6.07, 6.45) is 2.33. The van der Waals surface area contributed by atoms with E-state index in [1.807, 2.05) is 10.3 Å². The van der Waals surface area contributed by atoms with E-state index in [1.165, 1.54) is 11.3 Å². The number of carbonyl (C=O) groups excluding carboxylic acids is 1. The molecular formula is C17H24N4O2S. The zero-order valence-electron chi connectivity index (χ0n) is 14.5. The van der Waals surface area contributed by atoms with Gasteiger partial charge in [-0.25, -0.2) is 4.98 Å². The fraction of sp³-hybridized carbons (Fsp3) is 0.588. The van der Waals surface area contributed by atoms with Crippen LogP contribution in [0.25, 0.3) is 4.96 Å². The second kappa shape index (κ2) is 6.64. The van der Waals surface area contributed by atoms with E-state index in [4.69, 9.17) is 0 Å². The molecule has 0 saturated carbocycles. The summed E-state index contributed by atoms with van der Waals surface area (Å²) in [7, 11) is 0. The van der Waals surface area contributed by atoms with Gasteiger partial charge < -0.3 is 4.90 Å². The zero-order chi connectivity index (χ0) is 17.3. The van der Waals surface area contributed by atoms with Gasteiger partial charge in [-0.2, -0.15) is 0 Å². The zero-order valence-corrected chi connectivity index (χ0v) is 15.3. The summed E-state index contributed by atoms with van der Waals surface area (Å²) in [5, 5.41) is 1.87. The fourth-order valence-electron chi connectivity index (χ4n) is 2.92. The third-order valence-electron chi connectivity index (χ3n) is 4.15. The highest BCUT2D eigenvalue weighted by Crippen LogP contribution is 2.20. The number of nitrogens with zero attached hydrogens (tertiary/aromatic N) is 4. The molecule has 6 nitrogen and oxygen atoms in total.